The second-order valence-corrected chi connectivity index (χ2v) is 3.62. The lowest BCUT2D eigenvalue weighted by Gasteiger charge is -2.10. The summed E-state index contributed by atoms with van der Waals surface area (Å²) in [5.41, 5.74) is 1.11. The molecule has 100 valence electrons. The molecule has 0 aliphatic rings. The van der Waals surface area contributed by atoms with Gasteiger partial charge in [-0.05, 0) is 12.1 Å². The first-order valence-corrected chi connectivity index (χ1v) is 6.30. The molecule has 1 aromatic rings. The van der Waals surface area contributed by atoms with E-state index in [2.05, 4.69) is 26.9 Å². The molecule has 0 bridgehead atoms. The van der Waals surface area contributed by atoms with Crippen LogP contribution in [0.25, 0.3) is 0 Å². The van der Waals surface area contributed by atoms with Crippen LogP contribution >= 0.6 is 11.6 Å². The third-order valence-corrected chi connectivity index (χ3v) is 1.86. The molecule has 0 amide bonds. The van der Waals surface area contributed by atoms with Crippen LogP contribution in [0.15, 0.2) is 41.2 Å². The van der Waals surface area contributed by atoms with Gasteiger partial charge in [0.05, 0.1) is 0 Å². The second-order valence-electron chi connectivity index (χ2n) is 3.62. The highest BCUT2D eigenvalue weighted by molar-refractivity contribution is 6.15. The van der Waals surface area contributed by atoms with Crippen LogP contribution in [0.1, 0.15) is 0 Å². The maximum absolute atomic E-state index is 4.64. The summed E-state index contributed by atoms with van der Waals surface area (Å²) >= 11 is 4.64. The molecule has 0 saturated carbocycles. The molecule has 1 aromatic heterocycles. The van der Waals surface area contributed by atoms with Crippen molar-refractivity contribution in [1.82, 2.24) is 9.88 Å². The topological polar surface area (TPSA) is 40.5 Å². The molecule has 18 heavy (non-hydrogen) atoms. The Labute approximate surface area is 114 Å². The van der Waals surface area contributed by atoms with Crippen molar-refractivity contribution >= 4 is 23.6 Å². The van der Waals surface area contributed by atoms with E-state index in [1.807, 2.05) is 49.6 Å². The van der Waals surface area contributed by atoms with Crippen molar-refractivity contribution in [1.29, 1.82) is 0 Å². The molecule has 0 saturated heterocycles. The average Bonchev–Trinajstić information content (AvgIpc) is 2.39. The average molecular weight is 269 g/mol. The number of hydrogen-bond acceptors (Lipinski definition) is 4. The third-order valence-electron chi connectivity index (χ3n) is 1.86. The first kappa shape index (κ1) is 16.4. The molecular weight excluding hydrogens is 248 g/mol. The van der Waals surface area contributed by atoms with Crippen LogP contribution in [0, 0.1) is 0 Å². The highest BCUT2D eigenvalue weighted by Gasteiger charge is 1.95. The van der Waals surface area contributed by atoms with Gasteiger partial charge in [0.1, 0.15) is 5.82 Å². The molecule has 0 aliphatic heterocycles. The van der Waals surface area contributed by atoms with Gasteiger partial charge in [0, 0.05) is 58.3 Å². The van der Waals surface area contributed by atoms with Crippen LogP contribution in [0.2, 0.25) is 0 Å². The zero-order valence-electron chi connectivity index (χ0n) is 11.4. The van der Waals surface area contributed by atoms with Crippen LogP contribution in [0.5, 0.6) is 0 Å². The number of aromatic nitrogens is 1. The molecule has 5 heteroatoms. The summed E-state index contributed by atoms with van der Waals surface area (Å²) in [6.45, 7) is 0.715. The normalized spacial score (nSPS) is 10.8. The summed E-state index contributed by atoms with van der Waals surface area (Å²) in [4.78, 5) is 10.2. The van der Waals surface area contributed by atoms with Gasteiger partial charge in [-0.15, -0.1) is 11.6 Å². The highest BCUT2D eigenvalue weighted by atomic mass is 35.5. The van der Waals surface area contributed by atoms with Gasteiger partial charge in [-0.2, -0.15) is 0 Å². The molecule has 0 fully saturated rings. The molecule has 1 heterocycles. The van der Waals surface area contributed by atoms with Crippen LogP contribution in [-0.2, 0) is 0 Å². The zero-order valence-corrected chi connectivity index (χ0v) is 12.1. The van der Waals surface area contributed by atoms with Crippen molar-refractivity contribution in [3.8, 4) is 0 Å². The lowest BCUT2D eigenvalue weighted by molar-refractivity contribution is 0.560. The number of alkyl halides is 1. The van der Waals surface area contributed by atoms with Crippen molar-refractivity contribution < 1.29 is 0 Å². The van der Waals surface area contributed by atoms with Gasteiger partial charge in [-0.25, -0.2) is 4.98 Å². The minimum absolute atomic E-state index is 0.715. The number of nitrogens with one attached hydrogen (secondary N) is 1. The maximum atomic E-state index is 4.64. The summed E-state index contributed by atoms with van der Waals surface area (Å²) in [6.07, 6.45) is 7.12. The lowest BCUT2D eigenvalue weighted by Crippen LogP contribution is -2.11. The van der Waals surface area contributed by atoms with E-state index in [-0.39, 0.29) is 0 Å². The highest BCUT2D eigenvalue weighted by Crippen LogP contribution is 2.01. The van der Waals surface area contributed by atoms with E-state index in [9.17, 15) is 0 Å². The molecule has 0 radical (unpaired) electrons. The van der Waals surface area contributed by atoms with Gasteiger partial charge in [0.15, 0.2) is 0 Å². The Morgan fingerprint density at radius 3 is 2.67 bits per heavy atom. The molecule has 0 aliphatic carbocycles. The van der Waals surface area contributed by atoms with Crippen LogP contribution in [0.3, 0.4) is 0 Å². The number of hydrogen-bond donors (Lipinski definition) is 1. The van der Waals surface area contributed by atoms with E-state index in [0.29, 0.717) is 6.54 Å². The van der Waals surface area contributed by atoms with Gasteiger partial charge in [-0.3, -0.25) is 4.99 Å². The Bertz CT molecular complexity index is 361. The maximum Gasteiger partial charge on any atom is 0.126 e. The number of nitrogens with zero attached hydrogens (tertiary/aromatic N) is 3. The summed E-state index contributed by atoms with van der Waals surface area (Å²) in [5.74, 6) is 0.872. The Morgan fingerprint density at radius 1 is 1.44 bits per heavy atom. The Hall–Kier alpha value is -1.55. The smallest absolute Gasteiger partial charge is 0.126 e. The van der Waals surface area contributed by atoms with Crippen molar-refractivity contribution in [2.45, 2.75) is 0 Å². The fourth-order valence-corrected chi connectivity index (χ4v) is 1.28. The first-order chi connectivity index (χ1) is 8.72. The summed E-state index contributed by atoms with van der Waals surface area (Å²) < 4.78 is 0. The third kappa shape index (κ3) is 7.68. The Balaban J connectivity index is 0.00000137. The quantitative estimate of drug-likeness (QED) is 0.659. The van der Waals surface area contributed by atoms with E-state index >= 15 is 0 Å². The largest absolute Gasteiger partial charge is 0.383 e. The predicted molar refractivity (Wildman–Crippen MR) is 80.7 cm³/mol. The second kappa shape index (κ2) is 10.6. The molecule has 0 spiro atoms. The van der Waals surface area contributed by atoms with Gasteiger partial charge in [-0.1, -0.05) is 6.07 Å². The summed E-state index contributed by atoms with van der Waals surface area (Å²) in [7, 11) is 5.75. The predicted octanol–water partition coefficient (Wildman–Crippen LogP) is 2.49. The standard InChI is InChI=1S/C12H18N4.CH3Cl/c1-13-8-11(10-16(2)3)9-15-12-6-4-5-7-14-12;1-2/h4-8,10H,9H2,1-3H3,(H,14,15);1H3. The SMILES string of the molecule is CCl.CN=CC(=CN(C)C)CNc1ccccn1. The zero-order chi connectivity index (χ0) is 13.8. The summed E-state index contributed by atoms with van der Waals surface area (Å²) in [5, 5.41) is 3.24. The molecule has 0 aromatic carbocycles. The molecule has 1 rings (SSSR count). The van der Waals surface area contributed by atoms with Gasteiger partial charge in [0.2, 0.25) is 0 Å². The molecule has 4 nitrogen and oxygen atoms in total. The van der Waals surface area contributed by atoms with E-state index in [1.54, 1.807) is 13.2 Å². The van der Waals surface area contributed by atoms with E-state index < -0.39 is 0 Å². The molecule has 0 atom stereocenters. The number of halogens is 1. The number of rotatable bonds is 5. The van der Waals surface area contributed by atoms with Gasteiger partial charge < -0.3 is 10.2 Å². The van der Waals surface area contributed by atoms with Crippen molar-refractivity contribution in [3.05, 3.63) is 36.2 Å². The van der Waals surface area contributed by atoms with Crippen LogP contribution < -0.4 is 5.32 Å². The van der Waals surface area contributed by atoms with E-state index in [1.165, 1.54) is 6.38 Å². The Kier molecular flexibility index (Phi) is 9.68. The van der Waals surface area contributed by atoms with Crippen LogP contribution in [-0.4, -0.2) is 50.2 Å². The first-order valence-electron chi connectivity index (χ1n) is 5.54. The fraction of sp³-hybridized carbons (Fsp3) is 0.385. The van der Waals surface area contributed by atoms with E-state index in [0.717, 1.165) is 11.4 Å². The number of pyridine rings is 1. The van der Waals surface area contributed by atoms with Gasteiger partial charge >= 0.3 is 0 Å². The van der Waals surface area contributed by atoms with E-state index in [4.69, 9.17) is 0 Å². The molecule has 0 unspecified atom stereocenters. The number of anilines is 1. The Morgan fingerprint density at radius 2 is 2.17 bits per heavy atom. The minimum Gasteiger partial charge on any atom is -0.383 e. The monoisotopic (exact) mass is 268 g/mol. The molecular formula is C13H21ClN4. The van der Waals surface area contributed by atoms with Crippen LogP contribution in [0.4, 0.5) is 5.82 Å². The summed E-state index contributed by atoms with van der Waals surface area (Å²) in [6, 6.07) is 5.80. The van der Waals surface area contributed by atoms with Gasteiger partial charge in [0.25, 0.3) is 0 Å². The van der Waals surface area contributed by atoms with Crippen molar-refractivity contribution in [2.24, 2.45) is 4.99 Å². The fourth-order valence-electron chi connectivity index (χ4n) is 1.28. The number of aliphatic imine (C=N–C) groups is 1. The minimum atomic E-state index is 0.715. The lowest BCUT2D eigenvalue weighted by atomic mass is 10.3. The van der Waals surface area contributed by atoms with Crippen molar-refractivity contribution in [2.75, 3.05) is 39.4 Å². The van der Waals surface area contributed by atoms with Crippen molar-refractivity contribution in [3.63, 3.8) is 0 Å². The molecule has 1 N–H and O–H groups in total.